The van der Waals surface area contributed by atoms with Gasteiger partial charge < -0.3 is 5.32 Å². The molecule has 0 aromatic heterocycles. The Morgan fingerprint density at radius 2 is 1.85 bits per heavy atom. The molecule has 0 saturated carbocycles. The fourth-order valence-electron chi connectivity index (χ4n) is 2.13. The molecule has 0 radical (unpaired) electrons. The number of rotatable bonds is 5. The minimum absolute atomic E-state index is 0.223. The molecular formula is C16H16BrClFN. The van der Waals surface area contributed by atoms with Crippen molar-refractivity contribution in [3.63, 3.8) is 0 Å². The zero-order chi connectivity index (χ0) is 14.5. The Morgan fingerprint density at radius 1 is 1.15 bits per heavy atom. The Hall–Kier alpha value is -0.900. The summed E-state index contributed by atoms with van der Waals surface area (Å²) in [5.41, 5.74) is 2.33. The maximum absolute atomic E-state index is 13.1. The Bertz CT molecular complexity index is 571. The van der Waals surface area contributed by atoms with E-state index in [1.165, 1.54) is 17.7 Å². The normalized spacial score (nSPS) is 12.4. The van der Waals surface area contributed by atoms with Gasteiger partial charge >= 0.3 is 0 Å². The van der Waals surface area contributed by atoms with Gasteiger partial charge in [-0.05, 0) is 55.3 Å². The molecule has 0 aliphatic rings. The first-order valence-electron chi connectivity index (χ1n) is 6.44. The van der Waals surface area contributed by atoms with Crippen LogP contribution in [0.25, 0.3) is 0 Å². The van der Waals surface area contributed by atoms with Gasteiger partial charge in [-0.2, -0.15) is 0 Å². The summed E-state index contributed by atoms with van der Waals surface area (Å²) in [4.78, 5) is 0. The van der Waals surface area contributed by atoms with Crippen molar-refractivity contribution >= 4 is 27.5 Å². The van der Waals surface area contributed by atoms with Gasteiger partial charge in [-0.15, -0.1) is 0 Å². The van der Waals surface area contributed by atoms with Gasteiger partial charge in [0.2, 0.25) is 0 Å². The molecule has 1 N–H and O–H groups in total. The first-order valence-corrected chi connectivity index (χ1v) is 7.61. The largest absolute Gasteiger partial charge is 0.316 e. The first-order chi connectivity index (χ1) is 9.58. The molecule has 106 valence electrons. The third-order valence-corrected chi connectivity index (χ3v) is 4.28. The number of hydrogen-bond acceptors (Lipinski definition) is 1. The highest BCUT2D eigenvalue weighted by Crippen LogP contribution is 2.20. The molecule has 2 rings (SSSR count). The molecule has 0 saturated heterocycles. The summed E-state index contributed by atoms with van der Waals surface area (Å²) in [6.45, 7) is 0. The molecular weight excluding hydrogens is 341 g/mol. The second kappa shape index (κ2) is 7.21. The van der Waals surface area contributed by atoms with E-state index >= 15 is 0 Å². The van der Waals surface area contributed by atoms with Crippen LogP contribution in [-0.2, 0) is 12.8 Å². The van der Waals surface area contributed by atoms with E-state index in [1.54, 1.807) is 0 Å². The summed E-state index contributed by atoms with van der Waals surface area (Å²) in [7, 11) is 1.94. The van der Waals surface area contributed by atoms with Gasteiger partial charge in [0.25, 0.3) is 0 Å². The zero-order valence-electron chi connectivity index (χ0n) is 11.2. The van der Waals surface area contributed by atoms with Gasteiger partial charge in [0.15, 0.2) is 0 Å². The molecule has 1 atom stereocenters. The maximum Gasteiger partial charge on any atom is 0.124 e. The maximum atomic E-state index is 13.1. The number of halogens is 3. The highest BCUT2D eigenvalue weighted by atomic mass is 79.9. The van der Waals surface area contributed by atoms with Crippen LogP contribution in [0.3, 0.4) is 0 Å². The first kappa shape index (κ1) is 15.5. The fourth-order valence-corrected chi connectivity index (χ4v) is 2.77. The average molecular weight is 357 g/mol. The lowest BCUT2D eigenvalue weighted by molar-refractivity contribution is 0.554. The van der Waals surface area contributed by atoms with Gasteiger partial charge in [-0.25, -0.2) is 4.39 Å². The molecule has 4 heteroatoms. The van der Waals surface area contributed by atoms with Crippen LogP contribution in [0.5, 0.6) is 0 Å². The van der Waals surface area contributed by atoms with Gasteiger partial charge in [0, 0.05) is 15.5 Å². The van der Waals surface area contributed by atoms with Gasteiger partial charge in [0.1, 0.15) is 5.82 Å². The monoisotopic (exact) mass is 355 g/mol. The molecule has 1 nitrogen and oxygen atoms in total. The average Bonchev–Trinajstić information content (AvgIpc) is 2.43. The van der Waals surface area contributed by atoms with Crippen molar-refractivity contribution in [1.82, 2.24) is 5.32 Å². The molecule has 1 unspecified atom stereocenters. The van der Waals surface area contributed by atoms with Crippen molar-refractivity contribution in [1.29, 1.82) is 0 Å². The number of benzene rings is 2. The highest BCUT2D eigenvalue weighted by Gasteiger charge is 2.11. The predicted octanol–water partition coefficient (Wildman–Crippen LogP) is 4.61. The van der Waals surface area contributed by atoms with Crippen LogP contribution in [0.2, 0.25) is 5.02 Å². The number of hydrogen-bond donors (Lipinski definition) is 1. The molecule has 0 fully saturated rings. The van der Waals surface area contributed by atoms with E-state index in [0.717, 1.165) is 27.9 Å². The lowest BCUT2D eigenvalue weighted by Crippen LogP contribution is -2.30. The minimum Gasteiger partial charge on any atom is -0.316 e. The summed E-state index contributed by atoms with van der Waals surface area (Å²) in [6.07, 6.45) is 1.73. The molecule has 2 aromatic rings. The smallest absolute Gasteiger partial charge is 0.124 e. The van der Waals surface area contributed by atoms with Crippen LogP contribution < -0.4 is 5.32 Å². The second-order valence-corrected chi connectivity index (χ2v) is 6.05. The van der Waals surface area contributed by atoms with Crippen molar-refractivity contribution in [2.75, 3.05) is 7.05 Å². The Kier molecular flexibility index (Phi) is 5.58. The molecule has 0 aliphatic heterocycles. The van der Waals surface area contributed by atoms with Crippen LogP contribution in [0.1, 0.15) is 11.1 Å². The number of nitrogens with one attached hydrogen (secondary N) is 1. The summed E-state index contributed by atoms with van der Waals surface area (Å²) >= 11 is 9.30. The van der Waals surface area contributed by atoms with E-state index < -0.39 is 0 Å². The molecule has 0 amide bonds. The summed E-state index contributed by atoms with van der Waals surface area (Å²) < 4.78 is 13.9. The summed E-state index contributed by atoms with van der Waals surface area (Å²) in [5.74, 6) is -0.223. The van der Waals surface area contributed by atoms with Gasteiger partial charge in [0.05, 0.1) is 0 Å². The van der Waals surface area contributed by atoms with Gasteiger partial charge in [-0.3, -0.25) is 0 Å². The summed E-state index contributed by atoms with van der Waals surface area (Å²) in [5, 5.41) is 4.05. The quantitative estimate of drug-likeness (QED) is 0.824. The molecule has 0 aliphatic carbocycles. The lowest BCUT2D eigenvalue weighted by Gasteiger charge is -2.17. The van der Waals surface area contributed by atoms with E-state index in [-0.39, 0.29) is 11.9 Å². The Balaban J connectivity index is 2.07. The van der Waals surface area contributed by atoms with Crippen LogP contribution >= 0.6 is 27.5 Å². The van der Waals surface area contributed by atoms with Crippen LogP contribution in [0.4, 0.5) is 4.39 Å². The van der Waals surface area contributed by atoms with Crippen molar-refractivity contribution in [3.8, 4) is 0 Å². The van der Waals surface area contributed by atoms with E-state index in [1.807, 2.05) is 37.4 Å². The van der Waals surface area contributed by atoms with Crippen molar-refractivity contribution in [2.24, 2.45) is 0 Å². The molecule has 20 heavy (non-hydrogen) atoms. The third-order valence-electron chi connectivity index (χ3n) is 3.29. The SMILES string of the molecule is CNC(Cc1ccc(Cl)cc1)Cc1ccc(F)cc1Br. The molecule has 0 spiro atoms. The van der Waals surface area contributed by atoms with Crippen LogP contribution in [0.15, 0.2) is 46.9 Å². The summed E-state index contributed by atoms with van der Waals surface area (Å²) in [6, 6.07) is 13.0. The second-order valence-electron chi connectivity index (χ2n) is 4.76. The van der Waals surface area contributed by atoms with Crippen LogP contribution in [-0.4, -0.2) is 13.1 Å². The predicted molar refractivity (Wildman–Crippen MR) is 85.8 cm³/mol. The topological polar surface area (TPSA) is 12.0 Å². The van der Waals surface area contributed by atoms with Gasteiger partial charge in [-0.1, -0.05) is 45.7 Å². The molecule has 0 heterocycles. The zero-order valence-corrected chi connectivity index (χ0v) is 13.5. The van der Waals surface area contributed by atoms with Crippen molar-refractivity contribution in [3.05, 3.63) is 68.9 Å². The standard InChI is InChI=1S/C16H16BrClFN/c1-20-15(8-11-2-5-13(18)6-3-11)9-12-4-7-14(19)10-16(12)17/h2-7,10,15,20H,8-9H2,1H3. The van der Waals surface area contributed by atoms with E-state index in [4.69, 9.17) is 11.6 Å². The molecule has 0 bridgehead atoms. The molecule has 2 aromatic carbocycles. The highest BCUT2D eigenvalue weighted by molar-refractivity contribution is 9.10. The lowest BCUT2D eigenvalue weighted by atomic mass is 9.99. The Labute approximate surface area is 132 Å². The van der Waals surface area contributed by atoms with Crippen molar-refractivity contribution in [2.45, 2.75) is 18.9 Å². The fraction of sp³-hybridized carbons (Fsp3) is 0.250. The van der Waals surface area contributed by atoms with E-state index in [2.05, 4.69) is 21.2 Å². The van der Waals surface area contributed by atoms with Crippen LogP contribution in [0, 0.1) is 5.82 Å². The minimum atomic E-state index is -0.223. The Morgan fingerprint density at radius 3 is 2.45 bits per heavy atom. The van der Waals surface area contributed by atoms with E-state index in [0.29, 0.717) is 0 Å². The van der Waals surface area contributed by atoms with E-state index in [9.17, 15) is 4.39 Å². The number of likely N-dealkylation sites (N-methyl/N-ethyl adjacent to an activating group) is 1. The van der Waals surface area contributed by atoms with Crippen molar-refractivity contribution < 1.29 is 4.39 Å². The third kappa shape index (κ3) is 4.30.